The van der Waals surface area contributed by atoms with Crippen LogP contribution in [0.15, 0.2) is 55.4 Å². The van der Waals surface area contributed by atoms with Crippen molar-refractivity contribution in [3.8, 4) is 18.1 Å². The Labute approximate surface area is 187 Å². The molecular weight excluding hydrogens is 402 g/mol. The number of amides is 1. The third-order valence-corrected chi connectivity index (χ3v) is 5.43. The number of nitrogens with zero attached hydrogens (tertiary/aromatic N) is 3. The van der Waals surface area contributed by atoms with E-state index in [1.807, 2.05) is 36.4 Å². The van der Waals surface area contributed by atoms with Crippen LogP contribution in [0.2, 0.25) is 0 Å². The van der Waals surface area contributed by atoms with Crippen LogP contribution in [0.5, 0.6) is 5.75 Å². The van der Waals surface area contributed by atoms with Crippen molar-refractivity contribution in [2.75, 3.05) is 30.8 Å². The number of hydrogen-bond acceptors (Lipinski definition) is 6. The molecule has 0 aliphatic carbocycles. The van der Waals surface area contributed by atoms with Crippen molar-refractivity contribution < 1.29 is 9.53 Å². The van der Waals surface area contributed by atoms with Crippen LogP contribution in [0.25, 0.3) is 10.9 Å². The zero-order valence-corrected chi connectivity index (χ0v) is 18.0. The third-order valence-electron chi connectivity index (χ3n) is 5.43. The fourth-order valence-electron chi connectivity index (χ4n) is 3.67. The number of rotatable bonds is 6. The fraction of sp³-hybridized carbons (Fsp3) is 0.240. The minimum Gasteiger partial charge on any atom is -0.488 e. The average Bonchev–Trinajstić information content (AvgIpc) is 2.81. The Kier molecular flexibility index (Phi) is 6.34. The lowest BCUT2D eigenvalue weighted by molar-refractivity contribution is -0.111. The van der Waals surface area contributed by atoms with Gasteiger partial charge in [-0.2, -0.15) is 0 Å². The van der Waals surface area contributed by atoms with E-state index in [0.29, 0.717) is 22.8 Å². The summed E-state index contributed by atoms with van der Waals surface area (Å²) in [5.74, 6) is 3.50. The maximum Gasteiger partial charge on any atom is 0.247 e. The zero-order valence-electron chi connectivity index (χ0n) is 18.0. The van der Waals surface area contributed by atoms with Gasteiger partial charge >= 0.3 is 0 Å². The highest BCUT2D eigenvalue weighted by Gasteiger charge is 2.21. The summed E-state index contributed by atoms with van der Waals surface area (Å²) in [6.07, 6.45) is 10.2. The summed E-state index contributed by atoms with van der Waals surface area (Å²) in [6.45, 7) is 5.49. The number of nitrogens with one attached hydrogen (secondary N) is 2. The van der Waals surface area contributed by atoms with Crippen molar-refractivity contribution in [2.45, 2.75) is 18.9 Å². The van der Waals surface area contributed by atoms with Gasteiger partial charge in [0.15, 0.2) is 0 Å². The largest absolute Gasteiger partial charge is 0.488 e. The summed E-state index contributed by atoms with van der Waals surface area (Å²) >= 11 is 0. The molecule has 7 heteroatoms. The van der Waals surface area contributed by atoms with E-state index in [2.05, 4.69) is 45.0 Å². The monoisotopic (exact) mass is 427 g/mol. The molecule has 3 aromatic rings. The molecular formula is C25H25N5O2. The van der Waals surface area contributed by atoms with Gasteiger partial charge in [-0.1, -0.05) is 18.6 Å². The first-order chi connectivity index (χ1) is 15.6. The van der Waals surface area contributed by atoms with Crippen molar-refractivity contribution in [2.24, 2.45) is 0 Å². The molecule has 0 spiro atoms. The van der Waals surface area contributed by atoms with Gasteiger partial charge in [0, 0.05) is 35.8 Å². The highest BCUT2D eigenvalue weighted by molar-refractivity contribution is 6.03. The Balaban J connectivity index is 1.71. The van der Waals surface area contributed by atoms with Crippen LogP contribution in [0, 0.1) is 12.3 Å². The molecule has 2 aromatic carbocycles. The number of likely N-dealkylation sites (tertiary alicyclic amines) is 1. The topological polar surface area (TPSA) is 79.4 Å². The smallest absolute Gasteiger partial charge is 0.247 e. The quantitative estimate of drug-likeness (QED) is 0.458. The molecule has 1 fully saturated rings. The third kappa shape index (κ3) is 4.88. The summed E-state index contributed by atoms with van der Waals surface area (Å²) < 4.78 is 6.30. The lowest BCUT2D eigenvalue weighted by Crippen LogP contribution is -2.35. The minimum atomic E-state index is -0.314. The average molecular weight is 428 g/mol. The van der Waals surface area contributed by atoms with Gasteiger partial charge in [0.25, 0.3) is 0 Å². The molecule has 0 bridgehead atoms. The lowest BCUT2D eigenvalue weighted by atomic mass is 10.1. The molecule has 162 valence electrons. The molecule has 1 saturated heterocycles. The molecule has 1 amide bonds. The molecule has 1 aliphatic heterocycles. The van der Waals surface area contributed by atoms with Crippen LogP contribution in [-0.2, 0) is 4.79 Å². The van der Waals surface area contributed by atoms with E-state index in [0.717, 1.165) is 42.6 Å². The van der Waals surface area contributed by atoms with Gasteiger partial charge in [0.05, 0.1) is 11.2 Å². The molecule has 0 saturated carbocycles. The molecule has 2 N–H and O–H groups in total. The number of hydrogen-bond donors (Lipinski definition) is 2. The predicted octanol–water partition coefficient (Wildman–Crippen LogP) is 3.95. The van der Waals surface area contributed by atoms with Crippen molar-refractivity contribution in [1.29, 1.82) is 0 Å². The molecule has 1 aliphatic rings. The first-order valence-electron chi connectivity index (χ1n) is 10.5. The Bertz CT molecular complexity index is 1190. The van der Waals surface area contributed by atoms with Gasteiger partial charge in [-0.15, -0.1) is 6.42 Å². The zero-order chi connectivity index (χ0) is 22.5. The van der Waals surface area contributed by atoms with E-state index in [-0.39, 0.29) is 12.0 Å². The number of aromatic nitrogens is 2. The number of carbonyl (C=O) groups excluding carboxylic acids is 1. The van der Waals surface area contributed by atoms with Crippen LogP contribution in [0.4, 0.5) is 17.2 Å². The standard InChI is InChI=1S/C25H25N5O2/c1-4-17-7-6-8-18(13-17)28-25-20-14-22(29-24(31)5-2)23(15-21(20)26-16-27-25)32-19-9-11-30(3)12-10-19/h1,5-8,13-16,19H,2,9-12H2,3H3,(H,29,31)(H,26,27,28). The van der Waals surface area contributed by atoms with Crippen LogP contribution >= 0.6 is 0 Å². The van der Waals surface area contributed by atoms with Gasteiger partial charge in [-0.3, -0.25) is 4.79 Å². The Morgan fingerprint density at radius 2 is 2.09 bits per heavy atom. The number of ether oxygens (including phenoxy) is 1. The highest BCUT2D eigenvalue weighted by atomic mass is 16.5. The molecule has 32 heavy (non-hydrogen) atoms. The molecule has 4 rings (SSSR count). The molecule has 0 atom stereocenters. The van der Waals surface area contributed by atoms with Crippen LogP contribution in [0.1, 0.15) is 18.4 Å². The van der Waals surface area contributed by atoms with Crippen LogP contribution < -0.4 is 15.4 Å². The van der Waals surface area contributed by atoms with E-state index in [1.54, 1.807) is 0 Å². The first-order valence-corrected chi connectivity index (χ1v) is 10.5. The van der Waals surface area contributed by atoms with Gasteiger partial charge in [0.1, 0.15) is 24.0 Å². The number of benzene rings is 2. The Morgan fingerprint density at radius 1 is 1.28 bits per heavy atom. The maximum absolute atomic E-state index is 12.1. The van der Waals surface area contributed by atoms with Gasteiger partial charge in [-0.05, 0) is 50.2 Å². The number of piperidine rings is 1. The Hall–Kier alpha value is -3.89. The minimum absolute atomic E-state index is 0.0777. The van der Waals surface area contributed by atoms with Crippen molar-refractivity contribution in [3.05, 3.63) is 60.9 Å². The number of fused-ring (bicyclic) bond motifs is 1. The maximum atomic E-state index is 12.1. The second kappa shape index (κ2) is 9.50. The Morgan fingerprint density at radius 3 is 2.84 bits per heavy atom. The van der Waals surface area contributed by atoms with E-state index in [1.165, 1.54) is 12.4 Å². The molecule has 2 heterocycles. The first kappa shape index (κ1) is 21.3. The fourth-order valence-corrected chi connectivity index (χ4v) is 3.67. The summed E-state index contributed by atoms with van der Waals surface area (Å²) in [4.78, 5) is 23.2. The van der Waals surface area contributed by atoms with E-state index >= 15 is 0 Å². The molecule has 7 nitrogen and oxygen atoms in total. The number of anilines is 3. The predicted molar refractivity (Wildman–Crippen MR) is 127 cm³/mol. The van der Waals surface area contributed by atoms with E-state index < -0.39 is 0 Å². The van der Waals surface area contributed by atoms with Crippen LogP contribution in [-0.4, -0.2) is 47.0 Å². The number of terminal acetylenes is 1. The van der Waals surface area contributed by atoms with Crippen molar-refractivity contribution >= 4 is 34.0 Å². The molecule has 0 unspecified atom stereocenters. The van der Waals surface area contributed by atoms with Gasteiger partial charge in [-0.25, -0.2) is 9.97 Å². The molecule has 0 radical (unpaired) electrons. The molecule has 1 aromatic heterocycles. The van der Waals surface area contributed by atoms with E-state index in [9.17, 15) is 4.79 Å². The van der Waals surface area contributed by atoms with E-state index in [4.69, 9.17) is 11.2 Å². The van der Waals surface area contributed by atoms with Gasteiger partial charge in [0.2, 0.25) is 5.91 Å². The second-order valence-electron chi connectivity index (χ2n) is 7.75. The van der Waals surface area contributed by atoms with Gasteiger partial charge < -0.3 is 20.3 Å². The normalized spacial score (nSPS) is 14.5. The number of carbonyl (C=O) groups is 1. The van der Waals surface area contributed by atoms with Crippen molar-refractivity contribution in [1.82, 2.24) is 14.9 Å². The summed E-state index contributed by atoms with van der Waals surface area (Å²) in [6, 6.07) is 11.2. The SMILES string of the molecule is C#Cc1cccc(Nc2ncnc3cc(OC4CCN(C)CC4)c(NC(=O)C=C)cc23)c1. The van der Waals surface area contributed by atoms with Crippen LogP contribution in [0.3, 0.4) is 0 Å². The summed E-state index contributed by atoms with van der Waals surface area (Å²) in [5, 5.41) is 6.90. The second-order valence-corrected chi connectivity index (χ2v) is 7.75. The van der Waals surface area contributed by atoms with Crippen molar-refractivity contribution in [3.63, 3.8) is 0 Å². The highest BCUT2D eigenvalue weighted by Crippen LogP contribution is 2.35. The summed E-state index contributed by atoms with van der Waals surface area (Å²) in [7, 11) is 2.10. The lowest BCUT2D eigenvalue weighted by Gasteiger charge is -2.30. The summed E-state index contributed by atoms with van der Waals surface area (Å²) in [5.41, 5.74) is 2.83.